The lowest BCUT2D eigenvalue weighted by molar-refractivity contribution is -0.190. The third-order valence-corrected chi connectivity index (χ3v) is 11.7. The van der Waals surface area contributed by atoms with E-state index in [4.69, 9.17) is 4.74 Å². The first-order valence-electron chi connectivity index (χ1n) is 13.7. The van der Waals surface area contributed by atoms with Crippen molar-refractivity contribution >= 4 is 11.8 Å². The van der Waals surface area contributed by atoms with E-state index in [1.165, 1.54) is 19.4 Å². The highest BCUT2D eigenvalue weighted by atomic mass is 16.6. The summed E-state index contributed by atoms with van der Waals surface area (Å²) in [5.41, 5.74) is -0.737. The van der Waals surface area contributed by atoms with Crippen LogP contribution in [0, 0.1) is 39.4 Å². The van der Waals surface area contributed by atoms with Crippen LogP contribution in [0.25, 0.3) is 0 Å². The van der Waals surface area contributed by atoms with Gasteiger partial charge in [-0.05, 0) is 74.7 Å². The summed E-state index contributed by atoms with van der Waals surface area (Å²) >= 11 is 0. The van der Waals surface area contributed by atoms with Crippen LogP contribution in [-0.2, 0) is 14.3 Å². The molecule has 6 heteroatoms. The quantitative estimate of drug-likeness (QED) is 0.398. The highest BCUT2D eigenvalue weighted by Gasteiger charge is 2.68. The number of carbonyl (C=O) groups is 2. The number of Topliss-reactive ketones (excluding diaryl/α,β-unsaturated/α-hetero) is 1. The largest absolute Gasteiger partial charge is 0.452 e. The molecule has 6 nitrogen and oxygen atoms in total. The van der Waals surface area contributed by atoms with Crippen molar-refractivity contribution in [2.75, 3.05) is 0 Å². The Morgan fingerprint density at radius 1 is 1.08 bits per heavy atom. The summed E-state index contributed by atoms with van der Waals surface area (Å²) in [7, 11) is 0. The van der Waals surface area contributed by atoms with Gasteiger partial charge in [0.2, 0.25) is 0 Å². The van der Waals surface area contributed by atoms with E-state index in [9.17, 15) is 24.9 Å². The van der Waals surface area contributed by atoms with Crippen LogP contribution < -0.4 is 0 Å². The van der Waals surface area contributed by atoms with Crippen LogP contribution in [0.3, 0.4) is 0 Å². The number of hydrogen-bond donors (Lipinski definition) is 3. The first-order valence-corrected chi connectivity index (χ1v) is 13.7. The average Bonchev–Trinajstić information content (AvgIpc) is 3.32. The fourth-order valence-corrected chi connectivity index (χ4v) is 9.52. The van der Waals surface area contributed by atoms with Crippen molar-refractivity contribution in [1.29, 1.82) is 0 Å². The van der Waals surface area contributed by atoms with E-state index in [-0.39, 0.29) is 28.6 Å². The molecule has 3 N–H and O–H groups in total. The topological polar surface area (TPSA) is 104 Å². The Bertz CT molecular complexity index is 1050. The van der Waals surface area contributed by atoms with Gasteiger partial charge >= 0.3 is 5.97 Å². The second-order valence-electron chi connectivity index (χ2n) is 14.2. The maximum atomic E-state index is 13.0. The highest BCUT2D eigenvalue weighted by molar-refractivity contribution is 5.92. The zero-order chi connectivity index (χ0) is 26.6. The number of rotatable bonds is 3. The molecule has 0 bridgehead atoms. The summed E-state index contributed by atoms with van der Waals surface area (Å²) in [5.74, 6) is 0.228. The summed E-state index contributed by atoms with van der Waals surface area (Å²) in [6.07, 6.45) is 5.97. The monoisotopic (exact) mass is 500 g/mol. The molecule has 200 valence electrons. The molecule has 0 saturated heterocycles. The lowest BCUT2D eigenvalue weighted by Crippen LogP contribution is -2.64. The lowest BCUT2D eigenvalue weighted by Gasteiger charge is -2.67. The van der Waals surface area contributed by atoms with Gasteiger partial charge in [0.1, 0.15) is 18.0 Å². The van der Waals surface area contributed by atoms with E-state index in [1.54, 1.807) is 6.08 Å². The molecule has 3 fully saturated rings. The van der Waals surface area contributed by atoms with Gasteiger partial charge in [0.25, 0.3) is 0 Å². The van der Waals surface area contributed by atoms with E-state index >= 15 is 0 Å². The molecule has 1 aliphatic heterocycles. The maximum absolute atomic E-state index is 13.0. The molecule has 4 aliphatic carbocycles. The van der Waals surface area contributed by atoms with E-state index in [1.807, 2.05) is 0 Å². The number of aliphatic hydroxyl groups excluding tert-OH is 2. The van der Waals surface area contributed by atoms with E-state index in [0.29, 0.717) is 30.6 Å². The summed E-state index contributed by atoms with van der Waals surface area (Å²) in [6, 6.07) is 0. The van der Waals surface area contributed by atoms with Crippen LogP contribution >= 0.6 is 0 Å². The molecule has 0 aromatic heterocycles. The fourth-order valence-electron chi connectivity index (χ4n) is 9.52. The van der Waals surface area contributed by atoms with Crippen molar-refractivity contribution in [1.82, 2.24) is 0 Å². The van der Waals surface area contributed by atoms with Gasteiger partial charge in [0.15, 0.2) is 0 Å². The molecular weight excluding hydrogens is 456 g/mol. The van der Waals surface area contributed by atoms with Crippen LogP contribution in [0.5, 0.6) is 0 Å². The number of carbonyl (C=O) groups excluding carboxylic acids is 2. The smallest absolute Gasteiger partial charge is 0.334 e. The van der Waals surface area contributed by atoms with Gasteiger partial charge in [-0.15, -0.1) is 0 Å². The fraction of sp³-hybridized carbons (Fsp3) is 0.800. The molecule has 0 amide bonds. The van der Waals surface area contributed by atoms with Crippen molar-refractivity contribution in [3.63, 3.8) is 0 Å². The van der Waals surface area contributed by atoms with Gasteiger partial charge in [-0.3, -0.25) is 4.79 Å². The summed E-state index contributed by atoms with van der Waals surface area (Å²) in [6.45, 7) is 14.0. The SMILES string of the molecule is CC(C)(O)[C@@H](O)C1C=C([C@@H]2CC=C3[C@]4(C)[C@H](O)C[C@H]5C(C)(C)C(=O)CC[C@]5(C)[C@H]4CC[C@]32C)C(=O)O1. The highest BCUT2D eigenvalue weighted by Crippen LogP contribution is 2.72. The molecule has 5 rings (SSSR count). The molecule has 5 aliphatic rings. The van der Waals surface area contributed by atoms with Crippen molar-refractivity contribution in [2.24, 2.45) is 39.4 Å². The standard InChI is InChI=1S/C30H44O6/c1-26(2)21-15-23(32)30(7)19-9-8-17(16-14-18(36-25(16)34)24(33)27(3,4)35)28(19,5)12-10-20(30)29(21,6)13-11-22(26)31/h9,14,17-18,20-21,23-24,32-33,35H,8,10-13,15H2,1-7H3/t17-,18?,20+,21-,23+,24-,28-,29+,30-/m0/s1. The molecule has 0 spiro atoms. The number of hydrogen-bond acceptors (Lipinski definition) is 6. The first kappa shape index (κ1) is 26.1. The third kappa shape index (κ3) is 3.26. The van der Waals surface area contributed by atoms with E-state index in [0.717, 1.165) is 19.3 Å². The number of fused-ring (bicyclic) bond motifs is 5. The molecule has 9 atom stereocenters. The first-order chi connectivity index (χ1) is 16.5. The van der Waals surface area contributed by atoms with E-state index in [2.05, 4.69) is 40.7 Å². The summed E-state index contributed by atoms with van der Waals surface area (Å²) in [4.78, 5) is 25.9. The Morgan fingerprint density at radius 2 is 1.75 bits per heavy atom. The van der Waals surface area contributed by atoms with Gasteiger partial charge in [-0.2, -0.15) is 0 Å². The normalized spacial score (nSPS) is 46.8. The van der Waals surface area contributed by atoms with Gasteiger partial charge in [-0.25, -0.2) is 4.79 Å². The molecule has 36 heavy (non-hydrogen) atoms. The predicted molar refractivity (Wildman–Crippen MR) is 136 cm³/mol. The number of aliphatic hydroxyl groups is 3. The lowest BCUT2D eigenvalue weighted by atomic mass is 9.37. The molecule has 0 aromatic carbocycles. The van der Waals surface area contributed by atoms with Gasteiger partial charge in [-0.1, -0.05) is 46.3 Å². The number of allylic oxidation sites excluding steroid dienone is 1. The molecule has 1 heterocycles. The number of cyclic esters (lactones) is 1. The van der Waals surface area contributed by atoms with Crippen molar-refractivity contribution in [2.45, 2.75) is 111 Å². The summed E-state index contributed by atoms with van der Waals surface area (Å²) < 4.78 is 5.53. The molecule has 0 radical (unpaired) electrons. The Balaban J connectivity index is 1.49. The van der Waals surface area contributed by atoms with Gasteiger partial charge < -0.3 is 20.1 Å². The third-order valence-electron chi connectivity index (χ3n) is 11.7. The van der Waals surface area contributed by atoms with Crippen molar-refractivity contribution < 1.29 is 29.6 Å². The minimum atomic E-state index is -1.39. The second kappa shape index (κ2) is 7.77. The van der Waals surface area contributed by atoms with Crippen LogP contribution in [-0.4, -0.2) is 51.0 Å². The Labute approximate surface area is 215 Å². The second-order valence-corrected chi connectivity index (χ2v) is 14.2. The molecule has 0 aromatic rings. The van der Waals surface area contributed by atoms with Crippen LogP contribution in [0.2, 0.25) is 0 Å². The van der Waals surface area contributed by atoms with Crippen molar-refractivity contribution in [3.05, 3.63) is 23.3 Å². The Hall–Kier alpha value is -1.50. The predicted octanol–water partition coefficient (Wildman–Crippen LogP) is 4.12. The number of ketones is 1. The van der Waals surface area contributed by atoms with Crippen LogP contribution in [0.15, 0.2) is 23.3 Å². The zero-order valence-electron chi connectivity index (χ0n) is 22.9. The van der Waals surface area contributed by atoms with Crippen LogP contribution in [0.1, 0.15) is 87.0 Å². The number of esters is 1. The molecule has 1 unspecified atom stereocenters. The van der Waals surface area contributed by atoms with Crippen molar-refractivity contribution in [3.8, 4) is 0 Å². The molecular formula is C30H44O6. The summed E-state index contributed by atoms with van der Waals surface area (Å²) in [5, 5.41) is 32.6. The van der Waals surface area contributed by atoms with Gasteiger partial charge in [0.05, 0.1) is 11.7 Å². The molecule has 3 saturated carbocycles. The number of ether oxygens (including phenoxy) is 1. The minimum Gasteiger partial charge on any atom is -0.452 e. The van der Waals surface area contributed by atoms with Gasteiger partial charge in [0, 0.05) is 28.7 Å². The van der Waals surface area contributed by atoms with E-state index < -0.39 is 40.7 Å². The maximum Gasteiger partial charge on any atom is 0.334 e. The average molecular weight is 501 g/mol. The minimum absolute atomic E-state index is 0.0287. The Morgan fingerprint density at radius 3 is 2.39 bits per heavy atom. The zero-order valence-corrected chi connectivity index (χ0v) is 22.9. The van der Waals surface area contributed by atoms with Crippen LogP contribution in [0.4, 0.5) is 0 Å². The Kier molecular flexibility index (Phi) is 5.63.